The predicted molar refractivity (Wildman–Crippen MR) is 113 cm³/mol. The molecule has 7 heteroatoms. The topological polar surface area (TPSA) is 88.2 Å². The average Bonchev–Trinajstić information content (AvgIpc) is 2.77. The van der Waals surface area contributed by atoms with Crippen LogP contribution in [-0.2, 0) is 17.8 Å². The molecule has 1 unspecified atom stereocenters. The number of anilines is 1. The van der Waals surface area contributed by atoms with Gasteiger partial charge in [-0.05, 0) is 60.0 Å². The van der Waals surface area contributed by atoms with Gasteiger partial charge in [0.05, 0.1) is 5.69 Å². The van der Waals surface area contributed by atoms with Crippen LogP contribution in [0.4, 0.5) is 5.69 Å². The van der Waals surface area contributed by atoms with Crippen LogP contribution in [0.2, 0.25) is 5.02 Å². The summed E-state index contributed by atoms with van der Waals surface area (Å²) in [6.07, 6.45) is 3.57. The number of carbonyl (C=O) groups excluding carboxylic acids is 3. The van der Waals surface area contributed by atoms with Gasteiger partial charge in [0, 0.05) is 35.1 Å². The first-order valence-corrected chi connectivity index (χ1v) is 9.80. The van der Waals surface area contributed by atoms with Crippen molar-refractivity contribution in [2.45, 2.75) is 13.0 Å². The molecular formula is C23H18ClN3O3. The van der Waals surface area contributed by atoms with E-state index in [2.05, 4.69) is 15.6 Å². The zero-order valence-corrected chi connectivity index (χ0v) is 16.6. The highest BCUT2D eigenvalue weighted by Crippen LogP contribution is 2.29. The van der Waals surface area contributed by atoms with Crippen molar-refractivity contribution in [3.63, 3.8) is 0 Å². The molecule has 2 amide bonds. The van der Waals surface area contributed by atoms with Gasteiger partial charge < -0.3 is 10.6 Å². The minimum absolute atomic E-state index is 0.264. The molecular weight excluding hydrogens is 402 g/mol. The van der Waals surface area contributed by atoms with Gasteiger partial charge in [-0.1, -0.05) is 23.7 Å². The van der Waals surface area contributed by atoms with E-state index in [1.807, 2.05) is 12.1 Å². The van der Waals surface area contributed by atoms with Crippen LogP contribution in [0.5, 0.6) is 0 Å². The average molecular weight is 420 g/mol. The van der Waals surface area contributed by atoms with Crippen molar-refractivity contribution < 1.29 is 14.4 Å². The molecule has 30 heavy (non-hydrogen) atoms. The largest absolute Gasteiger partial charge is 0.348 e. The fraction of sp³-hybridized carbons (Fsp3) is 0.130. The number of benzene rings is 2. The minimum atomic E-state index is -0.853. The van der Waals surface area contributed by atoms with Gasteiger partial charge in [0.2, 0.25) is 5.91 Å². The summed E-state index contributed by atoms with van der Waals surface area (Å²) in [4.78, 5) is 42.0. The monoisotopic (exact) mass is 419 g/mol. The summed E-state index contributed by atoms with van der Waals surface area (Å²) in [6, 6.07) is 15.4. The highest BCUT2D eigenvalue weighted by Gasteiger charge is 2.34. The Balaban J connectivity index is 1.52. The number of nitrogens with one attached hydrogen (secondary N) is 2. The normalized spacial score (nSPS) is 15.3. The number of halogens is 1. The van der Waals surface area contributed by atoms with E-state index in [0.717, 1.165) is 11.1 Å². The van der Waals surface area contributed by atoms with Crippen LogP contribution >= 0.6 is 11.6 Å². The molecule has 1 aliphatic heterocycles. The fourth-order valence-corrected chi connectivity index (χ4v) is 3.48. The van der Waals surface area contributed by atoms with Crippen molar-refractivity contribution in [1.29, 1.82) is 0 Å². The van der Waals surface area contributed by atoms with Crippen LogP contribution in [0.15, 0.2) is 67.0 Å². The SMILES string of the molecule is O=C(NCc1ccncc1)c1ccc2c(c1)C(=O)C(Cc1ccc(Cl)cc1)C(=O)N2. The first-order valence-electron chi connectivity index (χ1n) is 9.42. The van der Waals surface area contributed by atoms with Crippen LogP contribution in [0.3, 0.4) is 0 Å². The van der Waals surface area contributed by atoms with Crippen molar-refractivity contribution in [2.24, 2.45) is 5.92 Å². The molecule has 0 radical (unpaired) electrons. The molecule has 1 aliphatic rings. The molecule has 0 spiro atoms. The van der Waals surface area contributed by atoms with E-state index in [-0.39, 0.29) is 24.0 Å². The zero-order chi connectivity index (χ0) is 21.1. The van der Waals surface area contributed by atoms with Gasteiger partial charge in [-0.25, -0.2) is 0 Å². The molecule has 4 rings (SSSR count). The number of amides is 2. The van der Waals surface area contributed by atoms with Gasteiger partial charge in [0.15, 0.2) is 5.78 Å². The Morgan fingerprint density at radius 2 is 1.73 bits per heavy atom. The number of fused-ring (bicyclic) bond motifs is 1. The van der Waals surface area contributed by atoms with Gasteiger partial charge in [0.25, 0.3) is 5.91 Å². The van der Waals surface area contributed by atoms with Crippen LogP contribution in [0.1, 0.15) is 31.8 Å². The summed E-state index contributed by atoms with van der Waals surface area (Å²) in [5.74, 6) is -1.80. The molecule has 0 aliphatic carbocycles. The third-order valence-corrected chi connectivity index (χ3v) is 5.25. The van der Waals surface area contributed by atoms with E-state index in [1.165, 1.54) is 6.07 Å². The Morgan fingerprint density at radius 1 is 1.00 bits per heavy atom. The predicted octanol–water partition coefficient (Wildman–Crippen LogP) is 3.66. The fourth-order valence-electron chi connectivity index (χ4n) is 3.35. The van der Waals surface area contributed by atoms with Gasteiger partial charge in [-0.3, -0.25) is 19.4 Å². The van der Waals surface area contributed by atoms with E-state index < -0.39 is 5.92 Å². The Labute approximate surface area is 178 Å². The summed E-state index contributed by atoms with van der Waals surface area (Å²) in [5, 5.41) is 6.18. The van der Waals surface area contributed by atoms with Crippen LogP contribution < -0.4 is 10.6 Å². The van der Waals surface area contributed by atoms with Crippen LogP contribution in [0.25, 0.3) is 0 Å². The van der Waals surface area contributed by atoms with Crippen molar-refractivity contribution in [3.05, 3.63) is 94.3 Å². The van der Waals surface area contributed by atoms with E-state index >= 15 is 0 Å². The number of Topliss-reactive ketones (excluding diaryl/α,β-unsaturated/α-hetero) is 1. The molecule has 0 saturated heterocycles. The molecule has 0 bridgehead atoms. The van der Waals surface area contributed by atoms with E-state index in [1.54, 1.807) is 48.8 Å². The summed E-state index contributed by atoms with van der Waals surface area (Å²) in [5.41, 5.74) is 2.87. The molecule has 2 aromatic carbocycles. The first-order chi connectivity index (χ1) is 14.5. The number of ketones is 1. The smallest absolute Gasteiger partial charge is 0.251 e. The summed E-state index contributed by atoms with van der Waals surface area (Å²) >= 11 is 5.90. The molecule has 0 saturated carbocycles. The highest BCUT2D eigenvalue weighted by molar-refractivity contribution is 6.30. The van der Waals surface area contributed by atoms with Gasteiger partial charge >= 0.3 is 0 Å². The number of aromatic nitrogens is 1. The maximum Gasteiger partial charge on any atom is 0.251 e. The lowest BCUT2D eigenvalue weighted by molar-refractivity contribution is -0.118. The molecule has 150 valence electrons. The molecule has 2 heterocycles. The molecule has 2 N–H and O–H groups in total. The van der Waals surface area contributed by atoms with Gasteiger partial charge in [0.1, 0.15) is 5.92 Å². The zero-order valence-electron chi connectivity index (χ0n) is 15.9. The number of carbonyl (C=O) groups is 3. The lowest BCUT2D eigenvalue weighted by Gasteiger charge is -2.24. The molecule has 3 aromatic rings. The number of pyridine rings is 1. The number of hydrogen-bond donors (Lipinski definition) is 2. The van der Waals surface area contributed by atoms with Crippen LogP contribution in [0, 0.1) is 5.92 Å². The summed E-state index contributed by atoms with van der Waals surface area (Å²) < 4.78 is 0. The Bertz CT molecular complexity index is 1110. The van der Waals surface area contributed by atoms with Gasteiger partial charge in [-0.2, -0.15) is 0 Å². The van der Waals surface area contributed by atoms with E-state index in [0.29, 0.717) is 28.4 Å². The van der Waals surface area contributed by atoms with Gasteiger partial charge in [-0.15, -0.1) is 0 Å². The lowest BCUT2D eigenvalue weighted by Crippen LogP contribution is -2.37. The second-order valence-corrected chi connectivity index (χ2v) is 7.47. The second-order valence-electron chi connectivity index (χ2n) is 7.04. The van der Waals surface area contributed by atoms with E-state index in [4.69, 9.17) is 11.6 Å². The highest BCUT2D eigenvalue weighted by atomic mass is 35.5. The number of nitrogens with zero attached hydrogens (tertiary/aromatic N) is 1. The lowest BCUT2D eigenvalue weighted by atomic mass is 9.86. The third kappa shape index (κ3) is 4.23. The molecule has 6 nitrogen and oxygen atoms in total. The summed E-state index contributed by atoms with van der Waals surface area (Å²) in [6.45, 7) is 0.350. The number of hydrogen-bond acceptors (Lipinski definition) is 4. The maximum atomic E-state index is 13.0. The Morgan fingerprint density at radius 3 is 2.47 bits per heavy atom. The first kappa shape index (κ1) is 19.8. The maximum absolute atomic E-state index is 13.0. The van der Waals surface area contributed by atoms with Crippen molar-refractivity contribution in [1.82, 2.24) is 10.3 Å². The van der Waals surface area contributed by atoms with Crippen molar-refractivity contribution in [3.8, 4) is 0 Å². The Kier molecular flexibility index (Phi) is 5.59. The molecule has 1 aromatic heterocycles. The van der Waals surface area contributed by atoms with E-state index in [9.17, 15) is 14.4 Å². The number of rotatable bonds is 5. The third-order valence-electron chi connectivity index (χ3n) is 4.99. The molecule has 1 atom stereocenters. The standard InChI is InChI=1S/C23H18ClN3O3/c24-17-4-1-14(2-5-17)11-19-21(28)18-12-16(3-6-20(18)27-23(19)30)22(29)26-13-15-7-9-25-10-8-15/h1-10,12,19H,11,13H2,(H,26,29)(H,27,30). The minimum Gasteiger partial charge on any atom is -0.348 e. The quantitative estimate of drug-likeness (QED) is 0.618. The van der Waals surface area contributed by atoms with Crippen molar-refractivity contribution >= 4 is 34.9 Å². The second kappa shape index (κ2) is 8.47. The summed E-state index contributed by atoms with van der Waals surface area (Å²) in [7, 11) is 0. The van der Waals surface area contributed by atoms with Crippen molar-refractivity contribution in [2.75, 3.05) is 5.32 Å². The Hall–Kier alpha value is -3.51. The van der Waals surface area contributed by atoms with Crippen LogP contribution in [-0.4, -0.2) is 22.6 Å². The molecule has 0 fully saturated rings.